The average molecular weight is 364 g/mol. The highest BCUT2D eigenvalue weighted by atomic mass is 16.5. The Morgan fingerprint density at radius 1 is 1.04 bits per heavy atom. The van der Waals surface area contributed by atoms with Crippen molar-refractivity contribution >= 4 is 11.9 Å². The van der Waals surface area contributed by atoms with E-state index in [2.05, 4.69) is 10.6 Å². The quantitative estimate of drug-likeness (QED) is 0.429. The predicted octanol–water partition coefficient (Wildman–Crippen LogP) is 3.34. The van der Waals surface area contributed by atoms with Crippen molar-refractivity contribution in [1.82, 2.24) is 10.6 Å². The largest absolute Gasteiger partial charge is 0.465 e. The molecular weight excluding hydrogens is 330 g/mol. The Labute approximate surface area is 157 Å². The lowest BCUT2D eigenvalue weighted by Gasteiger charge is -2.19. The van der Waals surface area contributed by atoms with Crippen LogP contribution in [0.3, 0.4) is 0 Å². The van der Waals surface area contributed by atoms with Gasteiger partial charge < -0.3 is 15.4 Å². The van der Waals surface area contributed by atoms with E-state index >= 15 is 0 Å². The van der Waals surface area contributed by atoms with E-state index in [1.54, 1.807) is 6.92 Å². The molecule has 2 N–H and O–H groups in total. The number of carbonyl (C=O) groups is 2. The molecule has 0 aromatic rings. The van der Waals surface area contributed by atoms with Crippen molar-refractivity contribution in [3.63, 3.8) is 0 Å². The fourth-order valence-electron chi connectivity index (χ4n) is 3.17. The number of nitriles is 1. The first-order valence-corrected chi connectivity index (χ1v) is 9.97. The SMILES string of the molecule is CCOC(=O)CN/C=C(/C#N)C(=O)NC1CCCCCCCCCCC1. The van der Waals surface area contributed by atoms with Gasteiger partial charge in [0.15, 0.2) is 0 Å². The van der Waals surface area contributed by atoms with Crippen molar-refractivity contribution in [3.8, 4) is 6.07 Å². The summed E-state index contributed by atoms with van der Waals surface area (Å²) in [5.74, 6) is -0.790. The van der Waals surface area contributed by atoms with Crippen LogP contribution in [0.2, 0.25) is 0 Å². The zero-order valence-corrected chi connectivity index (χ0v) is 16.0. The molecule has 0 heterocycles. The first kappa shape index (κ1) is 22.0. The van der Waals surface area contributed by atoms with Crippen molar-refractivity contribution < 1.29 is 14.3 Å². The summed E-state index contributed by atoms with van der Waals surface area (Å²) in [7, 11) is 0. The molecule has 26 heavy (non-hydrogen) atoms. The van der Waals surface area contributed by atoms with Gasteiger partial charge in [-0.1, -0.05) is 57.8 Å². The van der Waals surface area contributed by atoms with Crippen LogP contribution in [0.5, 0.6) is 0 Å². The van der Waals surface area contributed by atoms with E-state index < -0.39 is 5.97 Å². The van der Waals surface area contributed by atoms with Gasteiger partial charge in [0.25, 0.3) is 5.91 Å². The average Bonchev–Trinajstić information content (AvgIpc) is 2.61. The number of ether oxygens (including phenoxy) is 1. The minimum atomic E-state index is -0.416. The molecule has 1 aliphatic carbocycles. The van der Waals surface area contributed by atoms with E-state index in [1.807, 2.05) is 6.07 Å². The summed E-state index contributed by atoms with van der Waals surface area (Å²) < 4.78 is 4.79. The highest BCUT2D eigenvalue weighted by molar-refractivity contribution is 5.97. The van der Waals surface area contributed by atoms with Crippen LogP contribution in [0, 0.1) is 11.3 Å². The molecule has 0 aromatic heterocycles. The molecule has 1 aliphatic rings. The van der Waals surface area contributed by atoms with Gasteiger partial charge in [-0.15, -0.1) is 0 Å². The van der Waals surface area contributed by atoms with E-state index in [9.17, 15) is 14.9 Å². The molecule has 0 radical (unpaired) electrons. The Balaban J connectivity index is 2.50. The predicted molar refractivity (Wildman–Crippen MR) is 101 cm³/mol. The van der Waals surface area contributed by atoms with Crippen LogP contribution in [0.1, 0.15) is 77.6 Å². The minimum absolute atomic E-state index is 0.0135. The van der Waals surface area contributed by atoms with E-state index in [4.69, 9.17) is 4.74 Å². The van der Waals surface area contributed by atoms with Gasteiger partial charge in [0.1, 0.15) is 18.2 Å². The van der Waals surface area contributed by atoms with Crippen LogP contribution in [0.15, 0.2) is 11.8 Å². The summed E-state index contributed by atoms with van der Waals surface area (Å²) in [6, 6.07) is 2.01. The molecule has 6 nitrogen and oxygen atoms in total. The molecule has 1 rings (SSSR count). The van der Waals surface area contributed by atoms with Crippen LogP contribution < -0.4 is 10.6 Å². The standard InChI is InChI=1S/C20H33N3O3/c1-2-26-19(24)16-22-15-17(14-21)20(25)23-18-12-10-8-6-4-3-5-7-9-11-13-18/h15,18,22H,2-13,16H2,1H3,(H,23,25)/b17-15-. The fourth-order valence-corrected chi connectivity index (χ4v) is 3.17. The number of hydrogen-bond acceptors (Lipinski definition) is 5. The molecule has 146 valence electrons. The van der Waals surface area contributed by atoms with E-state index in [-0.39, 0.29) is 24.1 Å². The summed E-state index contributed by atoms with van der Waals surface area (Å²) in [5, 5.41) is 14.9. The lowest BCUT2D eigenvalue weighted by atomic mass is 9.98. The van der Waals surface area contributed by atoms with Gasteiger partial charge in [-0.2, -0.15) is 5.26 Å². The van der Waals surface area contributed by atoms with Gasteiger partial charge in [0, 0.05) is 12.2 Å². The lowest BCUT2D eigenvalue weighted by molar-refractivity contribution is -0.141. The Morgan fingerprint density at radius 2 is 1.58 bits per heavy atom. The van der Waals surface area contributed by atoms with Gasteiger partial charge in [-0.3, -0.25) is 9.59 Å². The third-order valence-corrected chi connectivity index (χ3v) is 4.60. The molecule has 0 spiro atoms. The van der Waals surface area contributed by atoms with Gasteiger partial charge in [-0.25, -0.2) is 0 Å². The van der Waals surface area contributed by atoms with Crippen LogP contribution in [-0.4, -0.2) is 31.1 Å². The first-order valence-electron chi connectivity index (χ1n) is 9.97. The topological polar surface area (TPSA) is 91.2 Å². The fraction of sp³-hybridized carbons (Fsp3) is 0.750. The van der Waals surface area contributed by atoms with Crippen LogP contribution in [0.4, 0.5) is 0 Å². The summed E-state index contributed by atoms with van der Waals surface area (Å²) in [6.07, 6.45) is 14.3. The minimum Gasteiger partial charge on any atom is -0.465 e. The van der Waals surface area contributed by atoms with E-state index in [0.717, 1.165) is 25.7 Å². The maximum Gasteiger partial charge on any atom is 0.325 e. The smallest absolute Gasteiger partial charge is 0.325 e. The summed E-state index contributed by atoms with van der Waals surface area (Å²) in [5.41, 5.74) is -0.0135. The zero-order chi connectivity index (χ0) is 19.0. The number of nitrogens with zero attached hydrogens (tertiary/aromatic N) is 1. The summed E-state index contributed by atoms with van der Waals surface area (Å²) >= 11 is 0. The second-order valence-electron chi connectivity index (χ2n) is 6.79. The van der Waals surface area contributed by atoms with Crippen molar-refractivity contribution in [2.45, 2.75) is 83.6 Å². The van der Waals surface area contributed by atoms with Crippen LogP contribution >= 0.6 is 0 Å². The number of carbonyl (C=O) groups excluding carboxylic acids is 2. The first-order chi connectivity index (χ1) is 12.7. The van der Waals surface area contributed by atoms with E-state index in [1.165, 1.54) is 51.1 Å². The maximum absolute atomic E-state index is 12.4. The zero-order valence-electron chi connectivity index (χ0n) is 16.0. The molecule has 0 saturated heterocycles. The Kier molecular flexibility index (Phi) is 12.0. The number of nitrogens with one attached hydrogen (secondary N) is 2. The molecule has 0 aliphatic heterocycles. The highest BCUT2D eigenvalue weighted by Crippen LogP contribution is 2.17. The van der Waals surface area contributed by atoms with Crippen molar-refractivity contribution in [2.24, 2.45) is 0 Å². The van der Waals surface area contributed by atoms with Gasteiger partial charge in [0.05, 0.1) is 6.61 Å². The molecule has 0 bridgehead atoms. The van der Waals surface area contributed by atoms with Crippen LogP contribution in [0.25, 0.3) is 0 Å². The molecule has 1 fully saturated rings. The number of esters is 1. The lowest BCUT2D eigenvalue weighted by Crippen LogP contribution is -2.36. The number of amides is 1. The van der Waals surface area contributed by atoms with Gasteiger partial charge >= 0.3 is 5.97 Å². The molecule has 0 aromatic carbocycles. The molecule has 6 heteroatoms. The third-order valence-electron chi connectivity index (χ3n) is 4.60. The van der Waals surface area contributed by atoms with Crippen molar-refractivity contribution in [2.75, 3.05) is 13.2 Å². The number of hydrogen-bond donors (Lipinski definition) is 2. The second-order valence-corrected chi connectivity index (χ2v) is 6.79. The van der Waals surface area contributed by atoms with Crippen LogP contribution in [-0.2, 0) is 14.3 Å². The monoisotopic (exact) mass is 363 g/mol. The highest BCUT2D eigenvalue weighted by Gasteiger charge is 2.16. The van der Waals surface area contributed by atoms with E-state index in [0.29, 0.717) is 6.61 Å². The molecule has 1 saturated carbocycles. The maximum atomic E-state index is 12.4. The summed E-state index contributed by atoms with van der Waals surface area (Å²) in [6.45, 7) is 1.97. The number of rotatable bonds is 6. The molecule has 1 amide bonds. The van der Waals surface area contributed by atoms with Gasteiger partial charge in [0.2, 0.25) is 0 Å². The Bertz CT molecular complexity index is 485. The van der Waals surface area contributed by atoms with Crippen molar-refractivity contribution in [1.29, 1.82) is 5.26 Å². The molecule has 0 atom stereocenters. The normalized spacial score (nSPS) is 17.9. The summed E-state index contributed by atoms with van der Waals surface area (Å²) in [4.78, 5) is 23.6. The Hall–Kier alpha value is -2.03. The molecule has 0 unspecified atom stereocenters. The molecular formula is C20H33N3O3. The van der Waals surface area contributed by atoms with Crippen molar-refractivity contribution in [3.05, 3.63) is 11.8 Å². The van der Waals surface area contributed by atoms with Gasteiger partial charge in [-0.05, 0) is 19.8 Å². The Morgan fingerprint density at radius 3 is 2.08 bits per heavy atom. The second kappa shape index (κ2) is 14.2. The third kappa shape index (κ3) is 10.1.